The van der Waals surface area contributed by atoms with Gasteiger partial charge in [0, 0.05) is 10.6 Å². The van der Waals surface area contributed by atoms with E-state index in [1.165, 1.54) is 16.0 Å². The lowest BCUT2D eigenvalue weighted by molar-refractivity contribution is -0.115. The Kier molecular flexibility index (Phi) is 4.24. The van der Waals surface area contributed by atoms with Crippen LogP contribution in [0.3, 0.4) is 0 Å². The SMILES string of the molecule is Cc1ccc(C(C)(C)C)cc1NC(=O)C1Cc2ccccc2S1. The van der Waals surface area contributed by atoms with Crippen LogP contribution in [0, 0.1) is 6.92 Å². The Hall–Kier alpha value is -1.74. The Morgan fingerprint density at radius 3 is 2.61 bits per heavy atom. The summed E-state index contributed by atoms with van der Waals surface area (Å²) in [4.78, 5) is 13.9. The van der Waals surface area contributed by atoms with Crippen LogP contribution in [0.5, 0.6) is 0 Å². The summed E-state index contributed by atoms with van der Waals surface area (Å²) < 4.78 is 0. The molecule has 1 atom stereocenters. The predicted octanol–water partition coefficient (Wildman–Crippen LogP) is 4.95. The predicted molar refractivity (Wildman–Crippen MR) is 98.3 cm³/mol. The number of hydrogen-bond donors (Lipinski definition) is 1. The van der Waals surface area contributed by atoms with Gasteiger partial charge in [-0.05, 0) is 47.6 Å². The van der Waals surface area contributed by atoms with Crippen LogP contribution in [0.4, 0.5) is 5.69 Å². The maximum atomic E-state index is 12.7. The van der Waals surface area contributed by atoms with Crippen molar-refractivity contribution in [1.82, 2.24) is 0 Å². The average Bonchev–Trinajstić information content (AvgIpc) is 2.92. The van der Waals surface area contributed by atoms with Crippen molar-refractivity contribution in [1.29, 1.82) is 0 Å². The van der Waals surface area contributed by atoms with Gasteiger partial charge in [0.2, 0.25) is 5.91 Å². The Balaban J connectivity index is 1.77. The Labute approximate surface area is 142 Å². The third-order valence-electron chi connectivity index (χ3n) is 4.30. The Morgan fingerprint density at radius 2 is 1.91 bits per heavy atom. The standard InChI is InChI=1S/C20H23NOS/c1-13-9-10-15(20(2,3)4)12-16(13)21-19(22)18-11-14-7-5-6-8-17(14)23-18/h5-10,12,18H,11H2,1-4H3,(H,21,22). The normalized spacial score (nSPS) is 17.0. The molecule has 3 heteroatoms. The fraction of sp³-hybridized carbons (Fsp3) is 0.350. The molecular formula is C20H23NOS. The molecule has 0 saturated carbocycles. The molecule has 0 bridgehead atoms. The molecule has 0 aliphatic carbocycles. The van der Waals surface area contributed by atoms with Gasteiger partial charge in [0.05, 0.1) is 5.25 Å². The van der Waals surface area contributed by atoms with Crippen LogP contribution in [-0.2, 0) is 16.6 Å². The minimum Gasteiger partial charge on any atom is -0.325 e. The quantitative estimate of drug-likeness (QED) is 0.846. The zero-order valence-corrected chi connectivity index (χ0v) is 15.0. The van der Waals surface area contributed by atoms with Crippen molar-refractivity contribution in [2.24, 2.45) is 0 Å². The van der Waals surface area contributed by atoms with Gasteiger partial charge in [-0.15, -0.1) is 11.8 Å². The number of fused-ring (bicyclic) bond motifs is 1. The first kappa shape index (κ1) is 16.1. The van der Waals surface area contributed by atoms with Crippen molar-refractivity contribution < 1.29 is 4.79 Å². The number of benzene rings is 2. The molecule has 0 fully saturated rings. The number of hydrogen-bond acceptors (Lipinski definition) is 2. The largest absolute Gasteiger partial charge is 0.325 e. The number of carbonyl (C=O) groups is 1. The number of anilines is 1. The highest BCUT2D eigenvalue weighted by Crippen LogP contribution is 2.37. The van der Waals surface area contributed by atoms with Crippen LogP contribution in [0.1, 0.15) is 37.5 Å². The van der Waals surface area contributed by atoms with Crippen molar-refractivity contribution in [3.8, 4) is 0 Å². The molecule has 120 valence electrons. The van der Waals surface area contributed by atoms with Gasteiger partial charge in [-0.25, -0.2) is 0 Å². The minimum absolute atomic E-state index is 0.0370. The first-order valence-corrected chi connectivity index (χ1v) is 8.89. The number of thioether (sulfide) groups is 1. The molecule has 1 amide bonds. The molecule has 1 aliphatic heterocycles. The van der Waals surface area contributed by atoms with Crippen LogP contribution in [0.15, 0.2) is 47.4 Å². The molecule has 1 unspecified atom stereocenters. The first-order valence-electron chi connectivity index (χ1n) is 8.01. The zero-order chi connectivity index (χ0) is 16.6. The van der Waals surface area contributed by atoms with E-state index in [0.29, 0.717) is 0 Å². The Bertz CT molecular complexity index is 721. The summed E-state index contributed by atoms with van der Waals surface area (Å²) in [6.07, 6.45) is 0.810. The molecule has 1 heterocycles. The second kappa shape index (κ2) is 6.04. The maximum absolute atomic E-state index is 12.7. The highest BCUT2D eigenvalue weighted by molar-refractivity contribution is 8.01. The molecule has 0 aromatic heterocycles. The van der Waals surface area contributed by atoms with Gasteiger partial charge in [-0.2, -0.15) is 0 Å². The fourth-order valence-electron chi connectivity index (χ4n) is 2.76. The third kappa shape index (κ3) is 3.45. The van der Waals surface area contributed by atoms with Crippen LogP contribution >= 0.6 is 11.8 Å². The molecule has 1 N–H and O–H groups in total. The molecule has 0 spiro atoms. The monoisotopic (exact) mass is 325 g/mol. The van der Waals surface area contributed by atoms with Crippen LogP contribution in [-0.4, -0.2) is 11.2 Å². The van der Waals surface area contributed by atoms with E-state index in [-0.39, 0.29) is 16.6 Å². The third-order valence-corrected chi connectivity index (χ3v) is 5.62. The second-order valence-electron chi connectivity index (χ2n) is 7.19. The summed E-state index contributed by atoms with van der Waals surface area (Å²) in [5.41, 5.74) is 4.62. The van der Waals surface area contributed by atoms with E-state index >= 15 is 0 Å². The molecule has 1 aliphatic rings. The molecular weight excluding hydrogens is 302 g/mol. The zero-order valence-electron chi connectivity index (χ0n) is 14.1. The van der Waals surface area contributed by atoms with E-state index in [2.05, 4.69) is 56.4 Å². The summed E-state index contributed by atoms with van der Waals surface area (Å²) in [6, 6.07) is 14.6. The number of aryl methyl sites for hydroxylation is 1. The molecule has 3 rings (SSSR count). The Morgan fingerprint density at radius 1 is 1.17 bits per heavy atom. The van der Waals surface area contributed by atoms with E-state index in [0.717, 1.165) is 17.7 Å². The molecule has 2 aromatic rings. The van der Waals surface area contributed by atoms with Crippen molar-refractivity contribution >= 4 is 23.4 Å². The molecule has 0 radical (unpaired) electrons. The van der Waals surface area contributed by atoms with Crippen LogP contribution in [0.2, 0.25) is 0 Å². The van der Waals surface area contributed by atoms with Crippen LogP contribution in [0.25, 0.3) is 0 Å². The fourth-order valence-corrected chi connectivity index (χ4v) is 3.96. The maximum Gasteiger partial charge on any atom is 0.238 e. The number of amides is 1. The number of rotatable bonds is 2. The van der Waals surface area contributed by atoms with Gasteiger partial charge in [-0.1, -0.05) is 51.1 Å². The highest BCUT2D eigenvalue weighted by Gasteiger charge is 2.28. The molecule has 2 aromatic carbocycles. The summed E-state index contributed by atoms with van der Waals surface area (Å²) in [7, 11) is 0. The van der Waals surface area contributed by atoms with Gasteiger partial charge in [0.1, 0.15) is 0 Å². The van der Waals surface area contributed by atoms with E-state index in [4.69, 9.17) is 0 Å². The van der Waals surface area contributed by atoms with Gasteiger partial charge in [0.25, 0.3) is 0 Å². The molecule has 23 heavy (non-hydrogen) atoms. The second-order valence-corrected chi connectivity index (χ2v) is 8.43. The number of carbonyl (C=O) groups excluding carboxylic acids is 1. The molecule has 0 saturated heterocycles. The lowest BCUT2D eigenvalue weighted by Crippen LogP contribution is -2.25. The van der Waals surface area contributed by atoms with Crippen LogP contribution < -0.4 is 5.32 Å². The average molecular weight is 325 g/mol. The summed E-state index contributed by atoms with van der Waals surface area (Å²) >= 11 is 1.67. The molecule has 2 nitrogen and oxygen atoms in total. The smallest absolute Gasteiger partial charge is 0.238 e. The van der Waals surface area contributed by atoms with E-state index in [1.54, 1.807) is 11.8 Å². The highest BCUT2D eigenvalue weighted by atomic mass is 32.2. The summed E-state index contributed by atoms with van der Waals surface area (Å²) in [5.74, 6) is 0.0976. The van der Waals surface area contributed by atoms with Crippen molar-refractivity contribution in [2.45, 2.75) is 49.7 Å². The van der Waals surface area contributed by atoms with Gasteiger partial charge in [-0.3, -0.25) is 4.79 Å². The topological polar surface area (TPSA) is 29.1 Å². The van der Waals surface area contributed by atoms with Crippen molar-refractivity contribution in [2.75, 3.05) is 5.32 Å². The van der Waals surface area contributed by atoms with E-state index < -0.39 is 0 Å². The minimum atomic E-state index is -0.0370. The van der Waals surface area contributed by atoms with E-state index in [9.17, 15) is 4.79 Å². The van der Waals surface area contributed by atoms with E-state index in [1.807, 2.05) is 19.1 Å². The van der Waals surface area contributed by atoms with Gasteiger partial charge >= 0.3 is 0 Å². The summed E-state index contributed by atoms with van der Waals surface area (Å²) in [5, 5.41) is 3.10. The van der Waals surface area contributed by atoms with Gasteiger partial charge in [0.15, 0.2) is 0 Å². The lowest BCUT2D eigenvalue weighted by Gasteiger charge is -2.21. The lowest BCUT2D eigenvalue weighted by atomic mass is 9.86. The first-order chi connectivity index (χ1) is 10.8. The van der Waals surface area contributed by atoms with Gasteiger partial charge < -0.3 is 5.32 Å². The van der Waals surface area contributed by atoms with Crippen molar-refractivity contribution in [3.05, 3.63) is 59.2 Å². The number of nitrogens with one attached hydrogen (secondary N) is 1. The summed E-state index contributed by atoms with van der Waals surface area (Å²) in [6.45, 7) is 8.60. The van der Waals surface area contributed by atoms with Crippen molar-refractivity contribution in [3.63, 3.8) is 0 Å².